The maximum absolute atomic E-state index is 12.9. The average molecular weight is 408 g/mol. The lowest BCUT2D eigenvalue weighted by molar-refractivity contribution is -0.122. The zero-order valence-electron chi connectivity index (χ0n) is 18.4. The van der Waals surface area contributed by atoms with E-state index in [4.69, 9.17) is 4.74 Å². The fourth-order valence-corrected chi connectivity index (χ4v) is 3.23. The molecule has 158 valence electrons. The second kappa shape index (κ2) is 8.22. The minimum Gasteiger partial charge on any atom is -0.481 e. The Balaban J connectivity index is 1.77. The smallest absolute Gasteiger partial charge is 0.295 e. The summed E-state index contributed by atoms with van der Waals surface area (Å²) in [5, 5.41) is 2.75. The lowest BCUT2D eigenvalue weighted by Gasteiger charge is -2.20. The van der Waals surface area contributed by atoms with Gasteiger partial charge in [-0.2, -0.15) is 0 Å². The molecule has 0 saturated carbocycles. The second-order valence-corrected chi connectivity index (χ2v) is 8.46. The van der Waals surface area contributed by atoms with E-state index >= 15 is 0 Å². The topological polar surface area (TPSA) is 65.3 Å². The Kier molecular flexibility index (Phi) is 5.87. The van der Waals surface area contributed by atoms with Gasteiger partial charge in [0.2, 0.25) is 0 Å². The number of carbonyl (C=O) groups is 1. The zero-order valence-corrected chi connectivity index (χ0v) is 18.4. The molecule has 30 heavy (non-hydrogen) atoms. The highest BCUT2D eigenvalue weighted by Gasteiger charge is 2.22. The van der Waals surface area contributed by atoms with Crippen molar-refractivity contribution in [2.75, 3.05) is 5.32 Å². The summed E-state index contributed by atoms with van der Waals surface area (Å²) in [7, 11) is 1.79. The lowest BCUT2D eigenvalue weighted by atomic mass is 9.87. The molecule has 0 fully saturated rings. The summed E-state index contributed by atoms with van der Waals surface area (Å²) in [6.07, 6.45) is -0.755. The predicted molar refractivity (Wildman–Crippen MR) is 120 cm³/mol. The highest BCUT2D eigenvalue weighted by molar-refractivity contribution is 5.94. The highest BCUT2D eigenvalue weighted by atomic mass is 16.5. The molecule has 3 aromatic rings. The van der Waals surface area contributed by atoms with Crippen LogP contribution in [0.1, 0.15) is 39.0 Å². The van der Waals surface area contributed by atoms with Gasteiger partial charge in [-0.05, 0) is 49.1 Å². The van der Waals surface area contributed by atoms with Gasteiger partial charge in [0.15, 0.2) is 6.10 Å². The second-order valence-electron chi connectivity index (χ2n) is 8.46. The summed E-state index contributed by atoms with van der Waals surface area (Å²) in [6.45, 7) is 9.89. The number of nitrogens with zero attached hydrogens (tertiary/aromatic N) is 2. The van der Waals surface area contributed by atoms with Crippen LogP contribution in [0.2, 0.25) is 0 Å². The van der Waals surface area contributed by atoms with E-state index in [1.165, 1.54) is 10.2 Å². The molecule has 1 amide bonds. The van der Waals surface area contributed by atoms with E-state index in [0.717, 1.165) is 5.69 Å². The largest absolute Gasteiger partial charge is 0.481 e. The predicted octanol–water partition coefficient (Wildman–Crippen LogP) is 4.19. The molecule has 1 N–H and O–H groups in total. The van der Waals surface area contributed by atoms with Crippen LogP contribution in [0.15, 0.2) is 59.4 Å². The zero-order chi connectivity index (χ0) is 22.1. The molecule has 6 nitrogen and oxygen atoms in total. The van der Waals surface area contributed by atoms with Crippen molar-refractivity contribution in [3.8, 4) is 11.4 Å². The molecule has 2 aromatic carbocycles. The van der Waals surface area contributed by atoms with E-state index < -0.39 is 6.10 Å². The van der Waals surface area contributed by atoms with Crippen molar-refractivity contribution >= 4 is 11.6 Å². The first-order valence-corrected chi connectivity index (χ1v) is 10.0. The van der Waals surface area contributed by atoms with E-state index in [1.807, 2.05) is 54.6 Å². The molecule has 0 aliphatic rings. The van der Waals surface area contributed by atoms with Crippen LogP contribution in [0.5, 0.6) is 5.75 Å². The van der Waals surface area contributed by atoms with Crippen LogP contribution in [0.25, 0.3) is 5.69 Å². The molecule has 1 aromatic heterocycles. The van der Waals surface area contributed by atoms with Crippen molar-refractivity contribution in [3.63, 3.8) is 0 Å². The normalized spacial score (nSPS) is 12.5. The van der Waals surface area contributed by atoms with E-state index in [1.54, 1.807) is 25.6 Å². The van der Waals surface area contributed by atoms with Gasteiger partial charge in [-0.15, -0.1) is 0 Å². The minimum atomic E-state index is -0.755. The number of carbonyl (C=O) groups excluding carboxylic acids is 1. The van der Waals surface area contributed by atoms with Gasteiger partial charge in [0.1, 0.15) is 11.4 Å². The van der Waals surface area contributed by atoms with Crippen LogP contribution < -0.4 is 15.6 Å². The van der Waals surface area contributed by atoms with Gasteiger partial charge < -0.3 is 10.1 Å². The third kappa shape index (κ3) is 4.32. The van der Waals surface area contributed by atoms with Gasteiger partial charge in [-0.3, -0.25) is 14.3 Å². The number of benzene rings is 2. The average Bonchev–Trinajstić information content (AvgIpc) is 2.91. The third-order valence-electron chi connectivity index (χ3n) is 5.20. The number of para-hydroxylation sites is 1. The van der Waals surface area contributed by atoms with Crippen molar-refractivity contribution in [2.24, 2.45) is 7.05 Å². The molecule has 0 aliphatic carbocycles. The number of hydrogen-bond acceptors (Lipinski definition) is 3. The Hall–Kier alpha value is -3.28. The van der Waals surface area contributed by atoms with Crippen molar-refractivity contribution in [3.05, 3.63) is 76.2 Å². The summed E-state index contributed by atoms with van der Waals surface area (Å²) >= 11 is 0. The maximum atomic E-state index is 12.9. The molecule has 0 radical (unpaired) electrons. The van der Waals surface area contributed by atoms with E-state index in [0.29, 0.717) is 11.4 Å². The first-order valence-electron chi connectivity index (χ1n) is 10.0. The van der Waals surface area contributed by atoms with Gasteiger partial charge in [0.25, 0.3) is 11.5 Å². The maximum Gasteiger partial charge on any atom is 0.295 e. The van der Waals surface area contributed by atoms with Crippen LogP contribution in [-0.4, -0.2) is 21.4 Å². The van der Waals surface area contributed by atoms with Crippen LogP contribution in [0.3, 0.4) is 0 Å². The van der Waals surface area contributed by atoms with Crippen molar-refractivity contribution in [1.29, 1.82) is 0 Å². The molecule has 6 heteroatoms. The van der Waals surface area contributed by atoms with Crippen LogP contribution >= 0.6 is 0 Å². The number of nitrogens with one attached hydrogen (secondary N) is 1. The SMILES string of the molecule is Cc1c(NC(=O)[C@H](C)Oc2ccc(C(C)(C)C)cc2)c(=O)n(-c2ccccc2)n1C. The molecule has 1 heterocycles. The highest BCUT2D eigenvalue weighted by Crippen LogP contribution is 2.25. The Bertz CT molecular complexity index is 1090. The standard InChI is InChI=1S/C24H29N3O3/c1-16-21(23(29)27(26(16)6)19-10-8-7-9-11-19)25-22(28)17(2)30-20-14-12-18(13-15-20)24(3,4)5/h7-15,17H,1-6H3,(H,25,28)/t17-/m0/s1. The van der Waals surface area contributed by atoms with Gasteiger partial charge in [0.05, 0.1) is 11.4 Å². The fourth-order valence-electron chi connectivity index (χ4n) is 3.23. The molecule has 0 unspecified atom stereocenters. The van der Waals surface area contributed by atoms with E-state index in [-0.39, 0.29) is 22.6 Å². The number of amides is 1. The molecule has 0 aliphatic heterocycles. The van der Waals surface area contributed by atoms with Crippen LogP contribution in [-0.2, 0) is 17.3 Å². The quantitative estimate of drug-likeness (QED) is 0.690. The molecule has 1 atom stereocenters. The Morgan fingerprint density at radius 1 is 1.03 bits per heavy atom. The number of hydrogen-bond donors (Lipinski definition) is 1. The fraction of sp³-hybridized carbons (Fsp3) is 0.333. The third-order valence-corrected chi connectivity index (χ3v) is 5.20. The number of rotatable bonds is 5. The van der Waals surface area contributed by atoms with Crippen molar-refractivity contribution in [1.82, 2.24) is 9.36 Å². The molecule has 0 saturated heterocycles. The van der Waals surface area contributed by atoms with E-state index in [9.17, 15) is 9.59 Å². The monoisotopic (exact) mass is 407 g/mol. The first kappa shape index (κ1) is 21.4. The Morgan fingerprint density at radius 3 is 2.20 bits per heavy atom. The van der Waals surface area contributed by atoms with Crippen molar-refractivity contribution < 1.29 is 9.53 Å². The summed E-state index contributed by atoms with van der Waals surface area (Å²) in [4.78, 5) is 25.7. The molecule has 0 spiro atoms. The Labute approximate surface area is 177 Å². The van der Waals surface area contributed by atoms with Crippen LogP contribution in [0.4, 0.5) is 5.69 Å². The summed E-state index contributed by atoms with van der Waals surface area (Å²) in [5.74, 6) is 0.234. The molecular weight excluding hydrogens is 378 g/mol. The van der Waals surface area contributed by atoms with Gasteiger partial charge >= 0.3 is 0 Å². The number of aromatic nitrogens is 2. The summed E-state index contributed by atoms with van der Waals surface area (Å²) in [6, 6.07) is 17.0. The van der Waals surface area contributed by atoms with Gasteiger partial charge in [-0.1, -0.05) is 51.1 Å². The van der Waals surface area contributed by atoms with Crippen LogP contribution in [0, 0.1) is 6.92 Å². The Morgan fingerprint density at radius 2 is 1.63 bits per heavy atom. The minimum absolute atomic E-state index is 0.0466. The summed E-state index contributed by atoms with van der Waals surface area (Å²) < 4.78 is 9.05. The summed E-state index contributed by atoms with van der Waals surface area (Å²) in [5.41, 5.74) is 2.61. The van der Waals surface area contributed by atoms with E-state index in [2.05, 4.69) is 26.1 Å². The number of anilines is 1. The molecule has 0 bridgehead atoms. The van der Waals surface area contributed by atoms with Gasteiger partial charge in [-0.25, -0.2) is 4.68 Å². The van der Waals surface area contributed by atoms with Gasteiger partial charge in [0, 0.05) is 7.05 Å². The lowest BCUT2D eigenvalue weighted by Crippen LogP contribution is -2.32. The first-order chi connectivity index (χ1) is 14.1. The molecule has 3 rings (SSSR count). The van der Waals surface area contributed by atoms with Crippen molar-refractivity contribution in [2.45, 2.75) is 46.1 Å². The molecular formula is C24H29N3O3. The number of ether oxygens (including phenoxy) is 1.